The van der Waals surface area contributed by atoms with E-state index in [0.29, 0.717) is 15.9 Å². The lowest BCUT2D eigenvalue weighted by Crippen LogP contribution is -2.20. The molecule has 3 aromatic rings. The first-order valence-corrected chi connectivity index (χ1v) is 11.2. The first-order chi connectivity index (χ1) is 15.3. The van der Waals surface area contributed by atoms with Gasteiger partial charge in [-0.25, -0.2) is 0 Å². The average Bonchev–Trinajstić information content (AvgIpc) is 3.17. The second-order valence-corrected chi connectivity index (χ2v) is 8.71. The van der Waals surface area contributed by atoms with Gasteiger partial charge in [-0.2, -0.15) is 0 Å². The monoisotopic (exact) mass is 474 g/mol. The summed E-state index contributed by atoms with van der Waals surface area (Å²) in [4.78, 5) is 25.0. The number of carbonyl (C=O) groups is 1. The van der Waals surface area contributed by atoms with E-state index in [-0.39, 0.29) is 29.7 Å². The number of rotatable bonds is 9. The quantitative estimate of drug-likeness (QED) is 0.275. The lowest BCUT2D eigenvalue weighted by molar-refractivity contribution is -0.383. The van der Waals surface area contributed by atoms with E-state index in [1.807, 2.05) is 42.6 Å². The smallest absolute Gasteiger partial charge is 0.292 e. The number of anilines is 1. The molecule has 9 nitrogen and oxygen atoms in total. The molecule has 0 fully saturated rings. The number of nitro groups is 1. The number of nitrogens with one attached hydrogen (secondary N) is 1. The summed E-state index contributed by atoms with van der Waals surface area (Å²) in [6.45, 7) is 2.03. The Kier molecular flexibility index (Phi) is 7.84. The first-order valence-electron chi connectivity index (χ1n) is 9.81. The van der Waals surface area contributed by atoms with Crippen molar-refractivity contribution in [3.05, 3.63) is 69.5 Å². The van der Waals surface area contributed by atoms with Crippen LogP contribution in [0.25, 0.3) is 5.69 Å². The molecule has 0 aliphatic carbocycles. The summed E-state index contributed by atoms with van der Waals surface area (Å²) in [5.74, 6) is 0.879. The summed E-state index contributed by atoms with van der Waals surface area (Å²) in [6, 6.07) is 13.5. The molecule has 1 amide bonds. The zero-order chi connectivity index (χ0) is 23.3. The second kappa shape index (κ2) is 10.6. The number of hydrogen-bond donors (Lipinski definition) is 1. The summed E-state index contributed by atoms with van der Waals surface area (Å²) < 4.78 is 1.95. The predicted molar refractivity (Wildman–Crippen MR) is 126 cm³/mol. The highest BCUT2D eigenvalue weighted by molar-refractivity contribution is 7.99. The van der Waals surface area contributed by atoms with E-state index in [1.54, 1.807) is 24.3 Å². The first kappa shape index (κ1) is 23.7. The highest BCUT2D eigenvalue weighted by Crippen LogP contribution is 2.28. The number of benzene rings is 2. The molecule has 0 radical (unpaired) electrons. The number of para-hydroxylation sites is 2. The summed E-state index contributed by atoms with van der Waals surface area (Å²) in [6.07, 6.45) is 0.156. The van der Waals surface area contributed by atoms with Gasteiger partial charge in [-0.3, -0.25) is 24.4 Å². The maximum Gasteiger partial charge on any atom is 0.292 e. The van der Waals surface area contributed by atoms with Crippen LogP contribution in [0.15, 0.2) is 53.7 Å². The Morgan fingerprint density at radius 1 is 1.22 bits per heavy atom. The Morgan fingerprint density at radius 2 is 1.91 bits per heavy atom. The van der Waals surface area contributed by atoms with Crippen molar-refractivity contribution in [3.63, 3.8) is 0 Å². The lowest BCUT2D eigenvalue weighted by Gasteiger charge is -2.20. The second-order valence-electron chi connectivity index (χ2n) is 7.21. The Balaban J connectivity index is 1.73. The normalized spacial score (nSPS) is 12.0. The van der Waals surface area contributed by atoms with E-state index in [2.05, 4.69) is 15.5 Å². The van der Waals surface area contributed by atoms with Gasteiger partial charge in [0.05, 0.1) is 11.0 Å². The van der Waals surface area contributed by atoms with Gasteiger partial charge >= 0.3 is 0 Å². The SMILES string of the molecule is CC(c1nnc(SCCC(=O)Nc2ccccc2[N+](=O)[O-])n1-c1ccc(Cl)cc1)N(C)C. The minimum Gasteiger partial charge on any atom is -0.320 e. The number of nitrogens with zero attached hydrogens (tertiary/aromatic N) is 5. The van der Waals surface area contributed by atoms with Crippen LogP contribution in [0.4, 0.5) is 11.4 Å². The number of halogens is 1. The van der Waals surface area contributed by atoms with Crippen molar-refractivity contribution in [2.24, 2.45) is 0 Å². The van der Waals surface area contributed by atoms with Crippen molar-refractivity contribution in [1.82, 2.24) is 19.7 Å². The molecule has 1 aromatic heterocycles. The van der Waals surface area contributed by atoms with Gasteiger partial charge in [0.1, 0.15) is 5.69 Å². The molecule has 1 N–H and O–H groups in total. The van der Waals surface area contributed by atoms with E-state index >= 15 is 0 Å². The van der Waals surface area contributed by atoms with Crippen LogP contribution in [0.2, 0.25) is 5.02 Å². The van der Waals surface area contributed by atoms with Gasteiger partial charge < -0.3 is 5.32 Å². The van der Waals surface area contributed by atoms with Crippen molar-refractivity contribution < 1.29 is 9.72 Å². The van der Waals surface area contributed by atoms with E-state index in [0.717, 1.165) is 11.5 Å². The molecule has 1 heterocycles. The van der Waals surface area contributed by atoms with E-state index in [1.165, 1.54) is 23.9 Å². The molecule has 168 valence electrons. The van der Waals surface area contributed by atoms with Crippen LogP contribution in [-0.4, -0.2) is 50.3 Å². The van der Waals surface area contributed by atoms with Crippen LogP contribution < -0.4 is 5.32 Å². The molecule has 0 saturated heterocycles. The van der Waals surface area contributed by atoms with Crippen LogP contribution in [0.3, 0.4) is 0 Å². The highest BCUT2D eigenvalue weighted by Gasteiger charge is 2.21. The van der Waals surface area contributed by atoms with Crippen LogP contribution in [0.1, 0.15) is 25.2 Å². The van der Waals surface area contributed by atoms with Crippen molar-refractivity contribution in [1.29, 1.82) is 0 Å². The van der Waals surface area contributed by atoms with Crippen LogP contribution >= 0.6 is 23.4 Å². The third kappa shape index (κ3) is 5.64. The molecular weight excluding hydrogens is 452 g/mol. The predicted octanol–water partition coefficient (Wildman–Crippen LogP) is 4.57. The van der Waals surface area contributed by atoms with Crippen molar-refractivity contribution in [2.45, 2.75) is 24.5 Å². The van der Waals surface area contributed by atoms with E-state index in [4.69, 9.17) is 11.6 Å². The summed E-state index contributed by atoms with van der Waals surface area (Å²) in [7, 11) is 3.93. The largest absolute Gasteiger partial charge is 0.320 e. The zero-order valence-corrected chi connectivity index (χ0v) is 19.4. The highest BCUT2D eigenvalue weighted by atomic mass is 35.5. The molecule has 1 atom stereocenters. The zero-order valence-electron chi connectivity index (χ0n) is 17.9. The molecule has 0 bridgehead atoms. The summed E-state index contributed by atoms with van der Waals surface area (Å²) in [5.41, 5.74) is 0.909. The van der Waals surface area contributed by atoms with Gasteiger partial charge in [0.2, 0.25) is 5.91 Å². The standard InChI is InChI=1S/C21H23ClN6O3S/c1-14(26(2)3)20-24-25-21(27(20)16-10-8-15(22)9-11-16)32-13-12-19(29)23-17-6-4-5-7-18(17)28(30)31/h4-11,14H,12-13H2,1-3H3,(H,23,29). The van der Waals surface area contributed by atoms with Crippen molar-refractivity contribution in [2.75, 3.05) is 25.2 Å². The molecule has 32 heavy (non-hydrogen) atoms. The average molecular weight is 475 g/mol. The van der Waals surface area contributed by atoms with Crippen LogP contribution in [0, 0.1) is 10.1 Å². The minimum absolute atomic E-state index is 0.00876. The van der Waals surface area contributed by atoms with Crippen molar-refractivity contribution >= 4 is 40.6 Å². The van der Waals surface area contributed by atoms with Gasteiger partial charge in [0.15, 0.2) is 11.0 Å². The van der Waals surface area contributed by atoms with E-state index in [9.17, 15) is 14.9 Å². The third-order valence-corrected chi connectivity index (χ3v) is 6.01. The number of nitro benzene ring substituents is 1. The maximum absolute atomic E-state index is 12.4. The third-order valence-electron chi connectivity index (χ3n) is 4.83. The Morgan fingerprint density at radius 3 is 2.56 bits per heavy atom. The van der Waals surface area contributed by atoms with Crippen LogP contribution in [-0.2, 0) is 4.79 Å². The Bertz CT molecular complexity index is 1100. The molecule has 1 unspecified atom stereocenters. The number of carbonyl (C=O) groups excluding carboxylic acids is 1. The van der Waals surface area contributed by atoms with Gasteiger partial charge in [-0.15, -0.1) is 10.2 Å². The molecule has 0 saturated carbocycles. The lowest BCUT2D eigenvalue weighted by atomic mass is 10.2. The number of hydrogen-bond acceptors (Lipinski definition) is 7. The van der Waals surface area contributed by atoms with Gasteiger partial charge in [-0.1, -0.05) is 35.5 Å². The molecule has 11 heteroatoms. The maximum atomic E-state index is 12.4. The number of thioether (sulfide) groups is 1. The number of aromatic nitrogens is 3. The number of amides is 1. The van der Waals surface area contributed by atoms with Gasteiger partial charge in [-0.05, 0) is 51.4 Å². The molecule has 0 aliphatic heterocycles. The molecule has 2 aromatic carbocycles. The Labute approximate surface area is 194 Å². The molecular formula is C21H23ClN6O3S. The fraction of sp³-hybridized carbons (Fsp3) is 0.286. The minimum atomic E-state index is -0.521. The van der Waals surface area contributed by atoms with Crippen molar-refractivity contribution in [3.8, 4) is 5.69 Å². The van der Waals surface area contributed by atoms with E-state index < -0.39 is 4.92 Å². The van der Waals surface area contributed by atoms with Gasteiger partial charge in [0, 0.05) is 29.0 Å². The molecule has 0 spiro atoms. The molecule has 3 rings (SSSR count). The fourth-order valence-electron chi connectivity index (χ4n) is 2.90. The topological polar surface area (TPSA) is 106 Å². The molecule has 0 aliphatic rings. The van der Waals surface area contributed by atoms with Gasteiger partial charge in [0.25, 0.3) is 5.69 Å². The Hall–Kier alpha value is -2.95. The fourth-order valence-corrected chi connectivity index (χ4v) is 3.92. The van der Waals surface area contributed by atoms with Crippen LogP contribution in [0.5, 0.6) is 0 Å². The summed E-state index contributed by atoms with van der Waals surface area (Å²) in [5, 5.41) is 23.7. The summed E-state index contributed by atoms with van der Waals surface area (Å²) >= 11 is 7.43.